The van der Waals surface area contributed by atoms with Crippen molar-refractivity contribution < 1.29 is 19.0 Å². The number of allylic oxidation sites excluding steroid dienone is 1. The molecule has 1 fully saturated rings. The summed E-state index contributed by atoms with van der Waals surface area (Å²) in [5.74, 6) is 0.862. The van der Waals surface area contributed by atoms with Gasteiger partial charge in [-0.15, -0.1) is 0 Å². The Kier molecular flexibility index (Phi) is 10.7. The normalized spacial score (nSPS) is 21.4. The molecule has 43 heavy (non-hydrogen) atoms. The third-order valence-corrected chi connectivity index (χ3v) is 17.0. The van der Waals surface area contributed by atoms with E-state index in [1.807, 2.05) is 12.1 Å². The Balaban J connectivity index is 1.67. The first-order chi connectivity index (χ1) is 20.1. The topological polar surface area (TPSA) is 47.9 Å². The molecular formula is C37H56O4Si2. The highest BCUT2D eigenvalue weighted by molar-refractivity contribution is 6.83. The second-order valence-corrected chi connectivity index (χ2v) is 25.3. The van der Waals surface area contributed by atoms with Crippen LogP contribution in [0, 0.1) is 5.41 Å². The lowest BCUT2D eigenvalue weighted by Gasteiger charge is -2.43. The summed E-state index contributed by atoms with van der Waals surface area (Å²) in [6.07, 6.45) is 5.19. The van der Waals surface area contributed by atoms with E-state index in [-0.39, 0.29) is 16.6 Å². The standard InChI is InChI=1S/C37H56O4Si2/c1-36(2,3)43(8,9)41-22-20-33-32(19-21-40-27-29-15-17-31(39-4)18-16-29)34-23-30(38)25-37(34,26-35(33)42(5,6)7)24-28-13-11-10-12-14-28/h10-18,30,38H,19-27H2,1-9H3/t30-,37+/m1/s1. The van der Waals surface area contributed by atoms with Crippen LogP contribution in [-0.4, -0.2) is 47.9 Å². The van der Waals surface area contributed by atoms with Crippen LogP contribution in [0.5, 0.6) is 5.75 Å². The average Bonchev–Trinajstić information content (AvgIpc) is 3.26. The van der Waals surface area contributed by atoms with Crippen molar-refractivity contribution >= 4 is 16.4 Å². The summed E-state index contributed by atoms with van der Waals surface area (Å²) in [6.45, 7) is 21.2. The van der Waals surface area contributed by atoms with Crippen LogP contribution >= 0.6 is 0 Å². The Morgan fingerprint density at radius 1 is 0.860 bits per heavy atom. The first-order valence-electron chi connectivity index (χ1n) is 16.2. The van der Waals surface area contributed by atoms with Gasteiger partial charge in [-0.1, -0.05) is 93.6 Å². The van der Waals surface area contributed by atoms with Crippen LogP contribution in [0.4, 0.5) is 0 Å². The van der Waals surface area contributed by atoms with E-state index in [4.69, 9.17) is 13.9 Å². The maximum Gasteiger partial charge on any atom is 0.191 e. The second kappa shape index (κ2) is 13.6. The summed E-state index contributed by atoms with van der Waals surface area (Å²) in [7, 11) is -1.85. The molecule has 6 heteroatoms. The van der Waals surface area contributed by atoms with Crippen molar-refractivity contribution in [3.8, 4) is 5.75 Å². The van der Waals surface area contributed by atoms with E-state index < -0.39 is 16.4 Å². The fourth-order valence-corrected chi connectivity index (χ4v) is 9.89. The summed E-state index contributed by atoms with van der Waals surface area (Å²) < 4.78 is 18.4. The molecule has 0 bridgehead atoms. The fourth-order valence-electron chi connectivity index (χ4n) is 6.79. The monoisotopic (exact) mass is 620 g/mol. The van der Waals surface area contributed by atoms with Gasteiger partial charge < -0.3 is 19.0 Å². The molecule has 4 nitrogen and oxygen atoms in total. The zero-order valence-corrected chi connectivity index (χ0v) is 30.3. The minimum atomic E-state index is -1.86. The van der Waals surface area contributed by atoms with Crippen LogP contribution in [-0.2, 0) is 22.2 Å². The predicted octanol–water partition coefficient (Wildman–Crippen LogP) is 9.27. The molecule has 2 aliphatic carbocycles. The summed E-state index contributed by atoms with van der Waals surface area (Å²) in [5.41, 5.74) is 6.97. The molecule has 2 atom stereocenters. The van der Waals surface area contributed by atoms with Crippen LogP contribution in [0.2, 0.25) is 37.8 Å². The highest BCUT2D eigenvalue weighted by Crippen LogP contribution is 2.57. The Hall–Kier alpha value is -1.97. The summed E-state index contributed by atoms with van der Waals surface area (Å²) in [4.78, 5) is 0. The quantitative estimate of drug-likeness (QED) is 0.179. The second-order valence-electron chi connectivity index (χ2n) is 15.4. The van der Waals surface area contributed by atoms with Crippen molar-refractivity contribution in [1.82, 2.24) is 0 Å². The number of benzene rings is 2. The summed E-state index contributed by atoms with van der Waals surface area (Å²) in [5, 5.41) is 13.1. The van der Waals surface area contributed by atoms with E-state index in [0.29, 0.717) is 13.2 Å². The minimum absolute atomic E-state index is 0.0223. The van der Waals surface area contributed by atoms with E-state index in [0.717, 1.165) is 56.4 Å². The maximum absolute atomic E-state index is 11.2. The maximum atomic E-state index is 11.2. The van der Waals surface area contributed by atoms with Gasteiger partial charge in [0.05, 0.1) is 34.5 Å². The van der Waals surface area contributed by atoms with Gasteiger partial charge in [-0.2, -0.15) is 0 Å². The van der Waals surface area contributed by atoms with Crippen molar-refractivity contribution in [2.45, 2.75) is 110 Å². The SMILES string of the molecule is COc1ccc(COCCC2=C3C[C@@H](O)C[C@@]3(Cc3ccccc3)CC([Si](C)(C)C)=C2CCO[Si](C)(C)C(C)(C)C)cc1. The number of aliphatic hydroxyl groups excluding tert-OH is 1. The van der Waals surface area contributed by atoms with E-state index in [1.165, 1.54) is 22.3 Å². The number of rotatable bonds is 13. The molecule has 2 aliphatic rings. The molecule has 0 aliphatic heterocycles. The van der Waals surface area contributed by atoms with Gasteiger partial charge in [-0.3, -0.25) is 0 Å². The van der Waals surface area contributed by atoms with Crippen molar-refractivity contribution in [3.05, 3.63) is 87.6 Å². The third kappa shape index (κ3) is 8.20. The van der Waals surface area contributed by atoms with E-state index in [1.54, 1.807) is 12.3 Å². The van der Waals surface area contributed by atoms with Crippen LogP contribution < -0.4 is 4.74 Å². The molecule has 0 saturated heterocycles. The van der Waals surface area contributed by atoms with Crippen LogP contribution in [0.15, 0.2) is 76.5 Å². The molecule has 0 spiro atoms. The molecule has 0 amide bonds. The smallest absolute Gasteiger partial charge is 0.191 e. The Labute approximate surface area is 263 Å². The van der Waals surface area contributed by atoms with Gasteiger partial charge in [-0.05, 0) is 91.1 Å². The van der Waals surface area contributed by atoms with Gasteiger partial charge in [0.2, 0.25) is 0 Å². The van der Waals surface area contributed by atoms with Crippen molar-refractivity contribution in [1.29, 1.82) is 0 Å². The van der Waals surface area contributed by atoms with Gasteiger partial charge in [0.1, 0.15) is 5.75 Å². The van der Waals surface area contributed by atoms with Crippen LogP contribution in [0.25, 0.3) is 0 Å². The molecule has 2 aromatic carbocycles. The molecule has 4 rings (SSSR count). The van der Waals surface area contributed by atoms with Gasteiger partial charge in [0, 0.05) is 12.0 Å². The van der Waals surface area contributed by atoms with Crippen LogP contribution in [0.1, 0.15) is 64.0 Å². The minimum Gasteiger partial charge on any atom is -0.497 e. The lowest BCUT2D eigenvalue weighted by molar-refractivity contribution is 0.123. The Bertz CT molecular complexity index is 1280. The predicted molar refractivity (Wildman–Crippen MR) is 185 cm³/mol. The van der Waals surface area contributed by atoms with Gasteiger partial charge >= 0.3 is 0 Å². The van der Waals surface area contributed by atoms with Crippen molar-refractivity contribution in [2.24, 2.45) is 5.41 Å². The lowest BCUT2D eigenvalue weighted by atomic mass is 9.67. The molecule has 0 aromatic heterocycles. The number of hydrogen-bond donors (Lipinski definition) is 1. The molecular weight excluding hydrogens is 565 g/mol. The molecule has 0 heterocycles. The number of fused-ring (bicyclic) bond motifs is 1. The molecule has 236 valence electrons. The van der Waals surface area contributed by atoms with Gasteiger partial charge in [-0.25, -0.2) is 0 Å². The first kappa shape index (κ1) is 33.9. The third-order valence-electron chi connectivity index (χ3n) is 10.2. The molecule has 0 radical (unpaired) electrons. The first-order valence-corrected chi connectivity index (χ1v) is 22.6. The Morgan fingerprint density at radius 2 is 1.51 bits per heavy atom. The molecule has 1 N–H and O–H groups in total. The highest BCUT2D eigenvalue weighted by Gasteiger charge is 2.49. The number of aliphatic hydroxyl groups is 1. The van der Waals surface area contributed by atoms with Gasteiger partial charge in [0.25, 0.3) is 0 Å². The number of hydrogen-bond acceptors (Lipinski definition) is 4. The number of ether oxygens (including phenoxy) is 2. The fraction of sp³-hybridized carbons (Fsp3) is 0.568. The number of methoxy groups -OCH3 is 1. The molecule has 1 saturated carbocycles. The molecule has 0 unspecified atom stereocenters. The van der Waals surface area contributed by atoms with Crippen LogP contribution in [0.3, 0.4) is 0 Å². The largest absolute Gasteiger partial charge is 0.497 e. The van der Waals surface area contributed by atoms with Gasteiger partial charge in [0.15, 0.2) is 8.32 Å². The summed E-state index contributed by atoms with van der Waals surface area (Å²) >= 11 is 0. The highest BCUT2D eigenvalue weighted by atomic mass is 28.4. The lowest BCUT2D eigenvalue weighted by Crippen LogP contribution is -2.41. The van der Waals surface area contributed by atoms with Crippen molar-refractivity contribution in [3.63, 3.8) is 0 Å². The van der Waals surface area contributed by atoms with E-state index in [2.05, 4.69) is 96.0 Å². The zero-order valence-electron chi connectivity index (χ0n) is 28.3. The van der Waals surface area contributed by atoms with E-state index >= 15 is 0 Å². The van der Waals surface area contributed by atoms with E-state index in [9.17, 15) is 5.11 Å². The summed E-state index contributed by atoms with van der Waals surface area (Å²) in [6, 6.07) is 19.1. The molecule has 2 aromatic rings. The average molecular weight is 621 g/mol. The van der Waals surface area contributed by atoms with Crippen molar-refractivity contribution in [2.75, 3.05) is 20.3 Å². The Morgan fingerprint density at radius 3 is 2.12 bits per heavy atom. The zero-order chi connectivity index (χ0) is 31.5.